The van der Waals surface area contributed by atoms with Gasteiger partial charge in [0.05, 0.1) is 22.3 Å². The highest BCUT2D eigenvalue weighted by molar-refractivity contribution is 7.92. The average molecular weight is 380 g/mol. The Balaban J connectivity index is 1.99. The largest absolute Gasteiger partial charge is 0.380 e. The fourth-order valence-corrected chi connectivity index (χ4v) is 5.79. The number of sulfone groups is 1. The number of halogens is 1. The molecule has 4 nitrogen and oxygen atoms in total. The zero-order valence-electron chi connectivity index (χ0n) is 14.3. The van der Waals surface area contributed by atoms with Crippen LogP contribution in [0.15, 0.2) is 53.4 Å². The molecule has 2 aromatic rings. The molecular formula is C19H22ClNO3S. The molecule has 0 spiro atoms. The standard InChI is InChI=1S/C19H22ClNO3S/c1-3-24-12-19(21)17(14-6-4-13(2)5-7-14)18(19)25(22,23)16-10-8-15(20)9-11-16/h4-11,17-18H,3,12,21H2,1-2H3/t17-,18+,19-/m1/s1. The Morgan fingerprint density at radius 3 is 2.28 bits per heavy atom. The van der Waals surface area contributed by atoms with Gasteiger partial charge in [-0.25, -0.2) is 8.42 Å². The molecule has 1 aliphatic carbocycles. The van der Waals surface area contributed by atoms with Gasteiger partial charge in [-0.2, -0.15) is 0 Å². The molecule has 0 heterocycles. The molecule has 0 amide bonds. The lowest BCUT2D eigenvalue weighted by molar-refractivity contribution is 0.125. The van der Waals surface area contributed by atoms with E-state index in [4.69, 9.17) is 22.1 Å². The number of hydrogen-bond donors (Lipinski definition) is 1. The van der Waals surface area contributed by atoms with Gasteiger partial charge in [0.15, 0.2) is 9.84 Å². The van der Waals surface area contributed by atoms with Crippen molar-refractivity contribution in [2.24, 2.45) is 5.73 Å². The molecule has 0 bridgehead atoms. The highest BCUT2D eigenvalue weighted by Gasteiger charge is 2.69. The second-order valence-corrected chi connectivity index (χ2v) is 9.06. The fraction of sp³-hybridized carbons (Fsp3) is 0.368. The maximum Gasteiger partial charge on any atom is 0.183 e. The number of rotatable bonds is 6. The van der Waals surface area contributed by atoms with E-state index in [1.54, 1.807) is 12.1 Å². The molecule has 1 aliphatic rings. The first-order valence-corrected chi connectivity index (χ1v) is 10.2. The van der Waals surface area contributed by atoms with Crippen LogP contribution in [0, 0.1) is 6.92 Å². The van der Waals surface area contributed by atoms with Gasteiger partial charge in [-0.3, -0.25) is 0 Å². The lowest BCUT2D eigenvalue weighted by atomic mass is 10.1. The Bertz CT molecular complexity index is 849. The van der Waals surface area contributed by atoms with Gasteiger partial charge in [0.25, 0.3) is 0 Å². The smallest absolute Gasteiger partial charge is 0.183 e. The van der Waals surface area contributed by atoms with E-state index in [0.717, 1.165) is 11.1 Å². The van der Waals surface area contributed by atoms with Crippen LogP contribution in [0.25, 0.3) is 0 Å². The fourth-order valence-electron chi connectivity index (χ4n) is 3.37. The van der Waals surface area contributed by atoms with Gasteiger partial charge in [0.1, 0.15) is 0 Å². The summed E-state index contributed by atoms with van der Waals surface area (Å²) in [6.45, 7) is 4.57. The van der Waals surface area contributed by atoms with E-state index in [1.807, 2.05) is 38.1 Å². The summed E-state index contributed by atoms with van der Waals surface area (Å²) in [5, 5.41) is -0.214. The highest BCUT2D eigenvalue weighted by Crippen LogP contribution is 2.55. The lowest BCUT2D eigenvalue weighted by Crippen LogP contribution is -2.36. The van der Waals surface area contributed by atoms with Crippen molar-refractivity contribution >= 4 is 21.4 Å². The van der Waals surface area contributed by atoms with Gasteiger partial charge in [0, 0.05) is 17.5 Å². The van der Waals surface area contributed by atoms with Gasteiger partial charge in [-0.05, 0) is 43.7 Å². The first-order valence-electron chi connectivity index (χ1n) is 8.23. The highest BCUT2D eigenvalue weighted by atomic mass is 35.5. The molecule has 25 heavy (non-hydrogen) atoms. The van der Waals surface area contributed by atoms with Crippen molar-refractivity contribution in [3.63, 3.8) is 0 Å². The number of benzene rings is 2. The first kappa shape index (κ1) is 18.4. The van der Waals surface area contributed by atoms with Crippen LogP contribution in [0.4, 0.5) is 0 Å². The second-order valence-electron chi connectivity index (χ2n) is 6.56. The normalized spacial score (nSPS) is 25.8. The Hall–Kier alpha value is -1.40. The van der Waals surface area contributed by atoms with Crippen molar-refractivity contribution in [2.45, 2.75) is 35.4 Å². The summed E-state index contributed by atoms with van der Waals surface area (Å²) in [5.41, 5.74) is 7.63. The molecule has 3 rings (SSSR count). The molecule has 0 aliphatic heterocycles. The van der Waals surface area contributed by atoms with Crippen LogP contribution in [0.3, 0.4) is 0 Å². The van der Waals surface area contributed by atoms with Gasteiger partial charge in [0.2, 0.25) is 0 Å². The van der Waals surface area contributed by atoms with Crippen molar-refractivity contribution in [2.75, 3.05) is 13.2 Å². The number of aryl methyl sites for hydroxylation is 1. The van der Waals surface area contributed by atoms with Crippen LogP contribution >= 0.6 is 11.6 Å². The summed E-state index contributed by atoms with van der Waals surface area (Å²) in [7, 11) is -3.59. The van der Waals surface area contributed by atoms with Crippen LogP contribution in [0.2, 0.25) is 5.02 Å². The molecule has 0 aromatic heterocycles. The minimum absolute atomic E-state index is 0.208. The Kier molecular flexibility index (Phi) is 4.95. The van der Waals surface area contributed by atoms with Crippen LogP contribution in [0.5, 0.6) is 0 Å². The SMILES string of the molecule is CCOC[C@@]1(N)[C@H](c2ccc(C)cc2)[C@@H]1S(=O)(=O)c1ccc(Cl)cc1. The maximum atomic E-state index is 13.2. The second kappa shape index (κ2) is 6.72. The summed E-state index contributed by atoms with van der Waals surface area (Å²) in [4.78, 5) is 0.239. The van der Waals surface area contributed by atoms with E-state index in [9.17, 15) is 8.42 Å². The minimum Gasteiger partial charge on any atom is -0.380 e. The Labute approximate surface area is 153 Å². The van der Waals surface area contributed by atoms with Gasteiger partial charge in [-0.15, -0.1) is 0 Å². The van der Waals surface area contributed by atoms with Gasteiger partial charge in [-0.1, -0.05) is 41.4 Å². The van der Waals surface area contributed by atoms with Crippen molar-refractivity contribution in [1.29, 1.82) is 0 Å². The summed E-state index contributed by atoms with van der Waals surface area (Å²) < 4.78 is 31.8. The van der Waals surface area contributed by atoms with Crippen LogP contribution < -0.4 is 5.73 Å². The molecule has 1 saturated carbocycles. The molecule has 134 valence electrons. The molecule has 1 fully saturated rings. The van der Waals surface area contributed by atoms with Gasteiger partial charge < -0.3 is 10.5 Å². The van der Waals surface area contributed by atoms with E-state index >= 15 is 0 Å². The number of hydrogen-bond acceptors (Lipinski definition) is 4. The Morgan fingerprint density at radius 1 is 1.12 bits per heavy atom. The maximum absolute atomic E-state index is 13.2. The third-order valence-electron chi connectivity index (χ3n) is 4.77. The predicted octanol–water partition coefficient (Wildman–Crippen LogP) is 3.32. The summed E-state index contributed by atoms with van der Waals surface area (Å²) in [6.07, 6.45) is 0. The summed E-state index contributed by atoms with van der Waals surface area (Å²) >= 11 is 5.88. The van der Waals surface area contributed by atoms with Crippen LogP contribution in [-0.2, 0) is 14.6 Å². The van der Waals surface area contributed by atoms with E-state index in [0.29, 0.717) is 11.6 Å². The molecular weight excluding hydrogens is 358 g/mol. The van der Waals surface area contributed by atoms with Crippen molar-refractivity contribution in [3.8, 4) is 0 Å². The molecule has 2 aromatic carbocycles. The van der Waals surface area contributed by atoms with Crippen molar-refractivity contribution < 1.29 is 13.2 Å². The first-order chi connectivity index (χ1) is 11.8. The molecule has 0 unspecified atom stereocenters. The summed E-state index contributed by atoms with van der Waals surface area (Å²) in [5.74, 6) is -0.291. The van der Waals surface area contributed by atoms with E-state index < -0.39 is 20.6 Å². The molecule has 0 radical (unpaired) electrons. The quantitative estimate of drug-likeness (QED) is 0.835. The van der Waals surface area contributed by atoms with E-state index in [2.05, 4.69) is 0 Å². The zero-order chi connectivity index (χ0) is 18.2. The van der Waals surface area contributed by atoms with E-state index in [1.165, 1.54) is 12.1 Å². The Morgan fingerprint density at radius 2 is 1.72 bits per heavy atom. The number of ether oxygens (including phenoxy) is 1. The van der Waals surface area contributed by atoms with Crippen LogP contribution in [-0.4, -0.2) is 32.4 Å². The zero-order valence-corrected chi connectivity index (χ0v) is 15.8. The van der Waals surface area contributed by atoms with Crippen molar-refractivity contribution in [1.82, 2.24) is 0 Å². The monoisotopic (exact) mass is 379 g/mol. The predicted molar refractivity (Wildman–Crippen MR) is 99.8 cm³/mol. The topological polar surface area (TPSA) is 69.4 Å². The van der Waals surface area contributed by atoms with Gasteiger partial charge >= 0.3 is 0 Å². The molecule has 2 N–H and O–H groups in total. The number of nitrogens with two attached hydrogens (primary N) is 1. The van der Waals surface area contributed by atoms with E-state index in [-0.39, 0.29) is 17.4 Å². The molecule has 0 saturated heterocycles. The summed E-state index contributed by atoms with van der Waals surface area (Å²) in [6, 6.07) is 14.1. The third kappa shape index (κ3) is 3.34. The minimum atomic E-state index is -3.59. The lowest BCUT2D eigenvalue weighted by Gasteiger charge is -2.12. The average Bonchev–Trinajstić information content (AvgIpc) is 3.21. The molecule has 6 heteroatoms. The molecule has 3 atom stereocenters. The van der Waals surface area contributed by atoms with Crippen LogP contribution in [0.1, 0.15) is 24.0 Å². The van der Waals surface area contributed by atoms with Crippen molar-refractivity contribution in [3.05, 3.63) is 64.7 Å². The third-order valence-corrected chi connectivity index (χ3v) is 7.33.